The monoisotopic (exact) mass is 159 g/mol. The van der Waals surface area contributed by atoms with Crippen LogP contribution in [0.3, 0.4) is 0 Å². The SMILES string of the molecule is CN1CCO[C@H](C(C)(C)O)C1. The maximum absolute atomic E-state index is 9.61. The van der Waals surface area contributed by atoms with Crippen molar-refractivity contribution < 1.29 is 9.84 Å². The Morgan fingerprint density at radius 1 is 1.55 bits per heavy atom. The zero-order valence-electron chi connectivity index (χ0n) is 7.50. The van der Waals surface area contributed by atoms with Gasteiger partial charge in [0, 0.05) is 13.1 Å². The smallest absolute Gasteiger partial charge is 0.0983 e. The van der Waals surface area contributed by atoms with Gasteiger partial charge in [-0.25, -0.2) is 0 Å². The molecule has 0 saturated carbocycles. The van der Waals surface area contributed by atoms with Gasteiger partial charge in [-0.05, 0) is 20.9 Å². The molecule has 1 rings (SSSR count). The Kier molecular flexibility index (Phi) is 2.52. The van der Waals surface area contributed by atoms with Crippen molar-refractivity contribution in [2.45, 2.75) is 25.6 Å². The molecule has 1 aliphatic rings. The number of morpholine rings is 1. The Morgan fingerprint density at radius 3 is 2.55 bits per heavy atom. The van der Waals surface area contributed by atoms with Gasteiger partial charge in [-0.1, -0.05) is 0 Å². The summed E-state index contributed by atoms with van der Waals surface area (Å²) >= 11 is 0. The highest BCUT2D eigenvalue weighted by molar-refractivity contribution is 4.82. The molecule has 0 aliphatic carbocycles. The molecule has 3 nitrogen and oxygen atoms in total. The summed E-state index contributed by atoms with van der Waals surface area (Å²) in [6.07, 6.45) is -0.0405. The molecular formula is C8H17NO2. The molecule has 1 fully saturated rings. The summed E-state index contributed by atoms with van der Waals surface area (Å²) < 4.78 is 5.42. The van der Waals surface area contributed by atoms with Crippen LogP contribution in [0.1, 0.15) is 13.8 Å². The van der Waals surface area contributed by atoms with Crippen molar-refractivity contribution in [3.63, 3.8) is 0 Å². The van der Waals surface area contributed by atoms with Gasteiger partial charge in [-0.3, -0.25) is 0 Å². The lowest BCUT2D eigenvalue weighted by molar-refractivity contribution is -0.123. The maximum Gasteiger partial charge on any atom is 0.0983 e. The van der Waals surface area contributed by atoms with Crippen molar-refractivity contribution in [2.24, 2.45) is 0 Å². The topological polar surface area (TPSA) is 32.7 Å². The van der Waals surface area contributed by atoms with Gasteiger partial charge in [0.1, 0.15) is 0 Å². The van der Waals surface area contributed by atoms with E-state index in [1.165, 1.54) is 0 Å². The second kappa shape index (κ2) is 3.09. The van der Waals surface area contributed by atoms with Crippen LogP contribution in [0.4, 0.5) is 0 Å². The molecule has 1 aliphatic heterocycles. The number of aliphatic hydroxyl groups is 1. The van der Waals surface area contributed by atoms with E-state index in [-0.39, 0.29) is 6.10 Å². The van der Waals surface area contributed by atoms with Gasteiger partial charge >= 0.3 is 0 Å². The molecule has 1 heterocycles. The van der Waals surface area contributed by atoms with Gasteiger partial charge in [0.05, 0.1) is 18.3 Å². The molecule has 0 unspecified atom stereocenters. The fourth-order valence-electron chi connectivity index (χ4n) is 1.21. The standard InChI is InChI=1S/C8H17NO2/c1-8(2,10)7-6-9(3)4-5-11-7/h7,10H,4-6H2,1-3H3/t7-/m0/s1. The Bertz CT molecular complexity index is 131. The van der Waals surface area contributed by atoms with Crippen LogP contribution in [0.5, 0.6) is 0 Å². The fraction of sp³-hybridized carbons (Fsp3) is 1.00. The van der Waals surface area contributed by atoms with Crippen molar-refractivity contribution in [2.75, 3.05) is 26.7 Å². The summed E-state index contributed by atoms with van der Waals surface area (Å²) in [5, 5.41) is 9.61. The molecule has 0 bridgehead atoms. The van der Waals surface area contributed by atoms with Crippen LogP contribution < -0.4 is 0 Å². The highest BCUT2D eigenvalue weighted by Gasteiger charge is 2.30. The Hall–Kier alpha value is -0.120. The minimum Gasteiger partial charge on any atom is -0.388 e. The van der Waals surface area contributed by atoms with E-state index in [1.54, 1.807) is 13.8 Å². The van der Waals surface area contributed by atoms with Gasteiger partial charge in [-0.2, -0.15) is 0 Å². The van der Waals surface area contributed by atoms with E-state index in [0.717, 1.165) is 19.7 Å². The average Bonchev–Trinajstić information content (AvgIpc) is 1.86. The molecule has 1 N–H and O–H groups in total. The van der Waals surface area contributed by atoms with E-state index < -0.39 is 5.60 Å². The van der Waals surface area contributed by atoms with Crippen LogP contribution in [0.25, 0.3) is 0 Å². The van der Waals surface area contributed by atoms with Crippen LogP contribution in [0.15, 0.2) is 0 Å². The zero-order chi connectivity index (χ0) is 8.48. The fourth-order valence-corrected chi connectivity index (χ4v) is 1.21. The number of hydrogen-bond donors (Lipinski definition) is 1. The summed E-state index contributed by atoms with van der Waals surface area (Å²) in [6.45, 7) is 6.09. The number of hydrogen-bond acceptors (Lipinski definition) is 3. The first-order valence-corrected chi connectivity index (χ1v) is 4.02. The zero-order valence-corrected chi connectivity index (χ0v) is 7.50. The first-order valence-electron chi connectivity index (χ1n) is 4.02. The van der Waals surface area contributed by atoms with Gasteiger partial charge in [0.2, 0.25) is 0 Å². The molecule has 0 aromatic carbocycles. The van der Waals surface area contributed by atoms with Crippen molar-refractivity contribution in [1.82, 2.24) is 4.90 Å². The summed E-state index contributed by atoms with van der Waals surface area (Å²) in [7, 11) is 2.04. The number of nitrogens with zero attached hydrogens (tertiary/aromatic N) is 1. The van der Waals surface area contributed by atoms with Gasteiger partial charge < -0.3 is 14.7 Å². The van der Waals surface area contributed by atoms with E-state index >= 15 is 0 Å². The quantitative estimate of drug-likeness (QED) is 0.588. The van der Waals surface area contributed by atoms with E-state index in [9.17, 15) is 5.11 Å². The third-order valence-electron chi connectivity index (χ3n) is 2.06. The second-order valence-electron chi connectivity index (χ2n) is 3.78. The Balaban J connectivity index is 2.46. The highest BCUT2D eigenvalue weighted by atomic mass is 16.5. The van der Waals surface area contributed by atoms with E-state index in [1.807, 2.05) is 7.05 Å². The highest BCUT2D eigenvalue weighted by Crippen LogP contribution is 2.16. The molecular weight excluding hydrogens is 142 g/mol. The van der Waals surface area contributed by atoms with Crippen molar-refractivity contribution in [3.05, 3.63) is 0 Å². The number of rotatable bonds is 1. The Labute approximate surface area is 68.0 Å². The molecule has 0 aromatic rings. The van der Waals surface area contributed by atoms with Crippen LogP contribution >= 0.6 is 0 Å². The first-order chi connectivity index (χ1) is 5.00. The molecule has 0 spiro atoms. The first kappa shape index (κ1) is 8.97. The normalized spacial score (nSPS) is 28.9. The minimum absolute atomic E-state index is 0.0405. The summed E-state index contributed by atoms with van der Waals surface area (Å²) in [6, 6.07) is 0. The second-order valence-corrected chi connectivity index (χ2v) is 3.78. The molecule has 1 atom stereocenters. The van der Waals surface area contributed by atoms with Crippen LogP contribution in [0.2, 0.25) is 0 Å². The predicted molar refractivity (Wildman–Crippen MR) is 43.5 cm³/mol. The van der Waals surface area contributed by atoms with Gasteiger partial charge in [0.25, 0.3) is 0 Å². The maximum atomic E-state index is 9.61. The van der Waals surface area contributed by atoms with Crippen molar-refractivity contribution in [1.29, 1.82) is 0 Å². The predicted octanol–water partition coefficient (Wildman–Crippen LogP) is 0.0879. The summed E-state index contributed by atoms with van der Waals surface area (Å²) in [5.74, 6) is 0. The lowest BCUT2D eigenvalue weighted by Gasteiger charge is -2.36. The molecule has 11 heavy (non-hydrogen) atoms. The molecule has 0 aromatic heterocycles. The molecule has 66 valence electrons. The van der Waals surface area contributed by atoms with Crippen LogP contribution in [0, 0.1) is 0 Å². The summed E-state index contributed by atoms with van der Waals surface area (Å²) in [5.41, 5.74) is -0.714. The van der Waals surface area contributed by atoms with E-state index in [2.05, 4.69) is 4.90 Å². The van der Waals surface area contributed by atoms with Crippen molar-refractivity contribution in [3.8, 4) is 0 Å². The molecule has 3 heteroatoms. The van der Waals surface area contributed by atoms with E-state index in [0.29, 0.717) is 0 Å². The van der Waals surface area contributed by atoms with E-state index in [4.69, 9.17) is 4.74 Å². The number of likely N-dealkylation sites (N-methyl/N-ethyl adjacent to an activating group) is 1. The third kappa shape index (κ3) is 2.43. The average molecular weight is 159 g/mol. The van der Waals surface area contributed by atoms with Crippen LogP contribution in [-0.4, -0.2) is 48.5 Å². The largest absolute Gasteiger partial charge is 0.388 e. The lowest BCUT2D eigenvalue weighted by Crippen LogP contribution is -2.50. The molecule has 0 radical (unpaired) electrons. The summed E-state index contributed by atoms with van der Waals surface area (Å²) in [4.78, 5) is 2.17. The third-order valence-corrected chi connectivity index (χ3v) is 2.06. The Morgan fingerprint density at radius 2 is 2.18 bits per heavy atom. The van der Waals surface area contributed by atoms with Gasteiger partial charge in [0.15, 0.2) is 0 Å². The van der Waals surface area contributed by atoms with Gasteiger partial charge in [-0.15, -0.1) is 0 Å². The lowest BCUT2D eigenvalue weighted by atomic mass is 10.0. The number of ether oxygens (including phenoxy) is 1. The minimum atomic E-state index is -0.714. The molecule has 1 saturated heterocycles. The molecule has 0 amide bonds. The van der Waals surface area contributed by atoms with Crippen molar-refractivity contribution >= 4 is 0 Å². The van der Waals surface area contributed by atoms with Crippen LogP contribution in [-0.2, 0) is 4.74 Å².